The van der Waals surface area contributed by atoms with Crippen LogP contribution >= 0.6 is 0 Å². The second-order valence-corrected chi connectivity index (χ2v) is 6.62. The van der Waals surface area contributed by atoms with E-state index in [9.17, 15) is 4.79 Å². The molecule has 2 aliphatic heterocycles. The molecule has 1 aromatic rings. The summed E-state index contributed by atoms with van der Waals surface area (Å²) in [6.45, 7) is 5.54. The molecule has 3 heteroatoms. The SMILES string of the molecule is CCN1CCC[C@H]1[C@@H]1CCCN1C(=O)CCc1ccccc1. The van der Waals surface area contributed by atoms with E-state index in [0.29, 0.717) is 24.4 Å². The summed E-state index contributed by atoms with van der Waals surface area (Å²) < 4.78 is 0. The number of rotatable bonds is 5. The summed E-state index contributed by atoms with van der Waals surface area (Å²) in [6, 6.07) is 11.4. The van der Waals surface area contributed by atoms with Crippen LogP contribution in [0.5, 0.6) is 0 Å². The molecule has 2 atom stereocenters. The monoisotopic (exact) mass is 300 g/mol. The van der Waals surface area contributed by atoms with Crippen LogP contribution in [-0.2, 0) is 11.2 Å². The van der Waals surface area contributed by atoms with Gasteiger partial charge in [0.15, 0.2) is 0 Å². The zero-order valence-electron chi connectivity index (χ0n) is 13.7. The second-order valence-electron chi connectivity index (χ2n) is 6.62. The number of aryl methyl sites for hydroxylation is 1. The van der Waals surface area contributed by atoms with Gasteiger partial charge in [0.1, 0.15) is 0 Å². The molecule has 0 bridgehead atoms. The Morgan fingerprint density at radius 2 is 1.82 bits per heavy atom. The molecule has 0 N–H and O–H groups in total. The number of benzene rings is 1. The molecule has 0 aromatic heterocycles. The van der Waals surface area contributed by atoms with Crippen molar-refractivity contribution in [3.8, 4) is 0 Å². The van der Waals surface area contributed by atoms with Gasteiger partial charge < -0.3 is 4.90 Å². The highest BCUT2D eigenvalue weighted by atomic mass is 16.2. The van der Waals surface area contributed by atoms with Crippen LogP contribution in [0.15, 0.2) is 30.3 Å². The quantitative estimate of drug-likeness (QED) is 0.834. The summed E-state index contributed by atoms with van der Waals surface area (Å²) in [5.74, 6) is 0.356. The molecular formula is C19H28N2O. The van der Waals surface area contributed by atoms with Gasteiger partial charge in [0, 0.05) is 25.0 Å². The van der Waals surface area contributed by atoms with E-state index in [-0.39, 0.29) is 0 Å². The van der Waals surface area contributed by atoms with Gasteiger partial charge >= 0.3 is 0 Å². The standard InChI is InChI=1S/C19H28N2O/c1-2-20-14-6-10-17(20)18-11-7-15-21(18)19(22)13-12-16-8-4-3-5-9-16/h3-5,8-9,17-18H,2,6-7,10-15H2,1H3/t17-,18-/m0/s1. The Kier molecular flexibility index (Phi) is 5.14. The molecule has 0 unspecified atom stereocenters. The molecule has 0 aliphatic carbocycles. The van der Waals surface area contributed by atoms with Crippen LogP contribution in [0.1, 0.15) is 44.6 Å². The maximum absolute atomic E-state index is 12.7. The number of amides is 1. The van der Waals surface area contributed by atoms with Crippen molar-refractivity contribution < 1.29 is 4.79 Å². The van der Waals surface area contributed by atoms with Gasteiger partial charge in [-0.25, -0.2) is 0 Å². The highest BCUT2D eigenvalue weighted by Gasteiger charge is 2.38. The molecular weight excluding hydrogens is 272 g/mol. The van der Waals surface area contributed by atoms with E-state index < -0.39 is 0 Å². The van der Waals surface area contributed by atoms with Crippen molar-refractivity contribution >= 4 is 5.91 Å². The summed E-state index contributed by atoms with van der Waals surface area (Å²) in [6.07, 6.45) is 6.44. The van der Waals surface area contributed by atoms with Gasteiger partial charge in [-0.05, 0) is 50.8 Å². The van der Waals surface area contributed by atoms with Gasteiger partial charge in [-0.15, -0.1) is 0 Å². The predicted molar refractivity (Wildman–Crippen MR) is 89.8 cm³/mol. The van der Waals surface area contributed by atoms with Crippen molar-refractivity contribution in [3.05, 3.63) is 35.9 Å². The molecule has 0 spiro atoms. The number of likely N-dealkylation sites (tertiary alicyclic amines) is 2. The molecule has 0 saturated carbocycles. The van der Waals surface area contributed by atoms with Crippen LogP contribution in [0.3, 0.4) is 0 Å². The zero-order chi connectivity index (χ0) is 15.4. The highest BCUT2D eigenvalue weighted by Crippen LogP contribution is 2.30. The van der Waals surface area contributed by atoms with E-state index in [0.717, 1.165) is 19.5 Å². The largest absolute Gasteiger partial charge is 0.338 e. The first-order valence-electron chi connectivity index (χ1n) is 8.87. The van der Waals surface area contributed by atoms with Crippen LogP contribution in [0, 0.1) is 0 Å². The van der Waals surface area contributed by atoms with Gasteiger partial charge in [0.25, 0.3) is 0 Å². The van der Waals surface area contributed by atoms with Crippen molar-refractivity contribution in [1.29, 1.82) is 0 Å². The normalized spacial score (nSPS) is 25.8. The number of carbonyl (C=O) groups excluding carboxylic acids is 1. The van der Waals surface area contributed by atoms with Gasteiger partial charge in [-0.1, -0.05) is 37.3 Å². The Morgan fingerprint density at radius 1 is 1.09 bits per heavy atom. The van der Waals surface area contributed by atoms with Crippen molar-refractivity contribution in [2.45, 2.75) is 57.5 Å². The molecule has 1 amide bonds. The Hall–Kier alpha value is -1.35. The van der Waals surface area contributed by atoms with Gasteiger partial charge in [0.05, 0.1) is 0 Å². The minimum atomic E-state index is 0.356. The molecule has 0 radical (unpaired) electrons. The molecule has 2 saturated heterocycles. The van der Waals surface area contributed by atoms with E-state index >= 15 is 0 Å². The third-order valence-corrected chi connectivity index (χ3v) is 5.35. The van der Waals surface area contributed by atoms with Gasteiger partial charge in [-0.3, -0.25) is 9.69 Å². The first-order chi connectivity index (χ1) is 10.8. The predicted octanol–water partition coefficient (Wildman–Crippen LogP) is 3.09. The molecule has 120 valence electrons. The van der Waals surface area contributed by atoms with Gasteiger partial charge in [-0.2, -0.15) is 0 Å². The third kappa shape index (κ3) is 3.35. The molecule has 2 heterocycles. The van der Waals surface area contributed by atoms with E-state index in [1.807, 2.05) is 6.07 Å². The van der Waals surface area contributed by atoms with Crippen LogP contribution in [-0.4, -0.2) is 47.4 Å². The number of nitrogens with zero attached hydrogens (tertiary/aromatic N) is 2. The molecule has 3 rings (SSSR count). The van der Waals surface area contributed by atoms with Crippen molar-refractivity contribution in [3.63, 3.8) is 0 Å². The second kappa shape index (κ2) is 7.28. The van der Waals surface area contributed by atoms with Crippen molar-refractivity contribution in [2.24, 2.45) is 0 Å². The number of hydrogen-bond acceptors (Lipinski definition) is 2. The molecule has 3 nitrogen and oxygen atoms in total. The lowest BCUT2D eigenvalue weighted by molar-refractivity contribution is -0.133. The summed E-state index contributed by atoms with van der Waals surface area (Å²) in [4.78, 5) is 17.5. The number of hydrogen-bond donors (Lipinski definition) is 0. The van der Waals surface area contributed by atoms with E-state index in [1.165, 1.54) is 37.8 Å². The highest BCUT2D eigenvalue weighted by molar-refractivity contribution is 5.77. The first-order valence-corrected chi connectivity index (χ1v) is 8.87. The average molecular weight is 300 g/mol. The Labute approximate surface area is 134 Å². The fraction of sp³-hybridized carbons (Fsp3) is 0.632. The molecule has 1 aromatic carbocycles. The fourth-order valence-corrected chi connectivity index (χ4v) is 4.22. The summed E-state index contributed by atoms with van der Waals surface area (Å²) in [5, 5.41) is 0. The van der Waals surface area contributed by atoms with E-state index in [2.05, 4.69) is 41.0 Å². The Morgan fingerprint density at radius 3 is 2.59 bits per heavy atom. The van der Waals surface area contributed by atoms with Crippen LogP contribution in [0.25, 0.3) is 0 Å². The maximum atomic E-state index is 12.7. The number of carbonyl (C=O) groups is 1. The van der Waals surface area contributed by atoms with Crippen LogP contribution in [0.2, 0.25) is 0 Å². The van der Waals surface area contributed by atoms with Crippen LogP contribution < -0.4 is 0 Å². The fourth-order valence-electron chi connectivity index (χ4n) is 4.22. The summed E-state index contributed by atoms with van der Waals surface area (Å²) >= 11 is 0. The zero-order valence-corrected chi connectivity index (χ0v) is 13.7. The lowest BCUT2D eigenvalue weighted by Crippen LogP contribution is -2.48. The summed E-state index contributed by atoms with van der Waals surface area (Å²) in [7, 11) is 0. The molecule has 2 fully saturated rings. The van der Waals surface area contributed by atoms with Crippen molar-refractivity contribution in [1.82, 2.24) is 9.80 Å². The first kappa shape index (κ1) is 15.5. The lowest BCUT2D eigenvalue weighted by atomic mass is 10.0. The van der Waals surface area contributed by atoms with E-state index in [1.54, 1.807) is 0 Å². The maximum Gasteiger partial charge on any atom is 0.223 e. The smallest absolute Gasteiger partial charge is 0.223 e. The van der Waals surface area contributed by atoms with Gasteiger partial charge in [0.2, 0.25) is 5.91 Å². The molecule has 22 heavy (non-hydrogen) atoms. The minimum absolute atomic E-state index is 0.356. The van der Waals surface area contributed by atoms with Crippen molar-refractivity contribution in [2.75, 3.05) is 19.6 Å². The number of likely N-dealkylation sites (N-methyl/N-ethyl adjacent to an activating group) is 1. The Balaban J connectivity index is 1.59. The third-order valence-electron chi connectivity index (χ3n) is 5.35. The summed E-state index contributed by atoms with van der Waals surface area (Å²) in [5.41, 5.74) is 1.27. The van der Waals surface area contributed by atoms with Crippen LogP contribution in [0.4, 0.5) is 0 Å². The molecule has 2 aliphatic rings. The van der Waals surface area contributed by atoms with E-state index in [4.69, 9.17) is 0 Å². The lowest BCUT2D eigenvalue weighted by Gasteiger charge is -2.34. The average Bonchev–Trinajstić information content (AvgIpc) is 3.21. The minimum Gasteiger partial charge on any atom is -0.338 e. The topological polar surface area (TPSA) is 23.6 Å². The Bertz CT molecular complexity index is 487.